The fourth-order valence-electron chi connectivity index (χ4n) is 2.22. The number of H-pyrrole nitrogens is 1. The number of nitrogens with one attached hydrogen (secondary N) is 1. The molecule has 2 atom stereocenters. The van der Waals surface area contributed by atoms with Crippen LogP contribution in [0.3, 0.4) is 0 Å². The Morgan fingerprint density at radius 2 is 2.29 bits per heavy atom. The minimum atomic E-state index is 0.285. The van der Waals surface area contributed by atoms with Crippen molar-refractivity contribution in [2.75, 3.05) is 24.2 Å². The van der Waals surface area contributed by atoms with Crippen LogP contribution in [-0.4, -0.2) is 33.8 Å². The Bertz CT molecular complexity index is 548. The van der Waals surface area contributed by atoms with Gasteiger partial charge in [-0.15, -0.1) is 0 Å². The van der Waals surface area contributed by atoms with Crippen molar-refractivity contribution in [2.45, 2.75) is 13.3 Å². The van der Waals surface area contributed by atoms with Crippen LogP contribution in [0.25, 0.3) is 11.0 Å². The average Bonchev–Trinajstić information content (AvgIpc) is 2.78. The summed E-state index contributed by atoms with van der Waals surface area (Å²) >= 11 is 0. The lowest BCUT2D eigenvalue weighted by Crippen LogP contribution is -2.22. The van der Waals surface area contributed by atoms with Gasteiger partial charge >= 0.3 is 0 Å². The molecule has 6 heteroatoms. The van der Waals surface area contributed by atoms with Crippen LogP contribution in [0.4, 0.5) is 11.8 Å². The minimum absolute atomic E-state index is 0.285. The molecule has 17 heavy (non-hydrogen) atoms. The molecule has 1 aliphatic carbocycles. The summed E-state index contributed by atoms with van der Waals surface area (Å²) < 4.78 is 0. The number of aromatic nitrogens is 4. The first-order valence-corrected chi connectivity index (χ1v) is 5.83. The highest BCUT2D eigenvalue weighted by atomic mass is 15.2. The van der Waals surface area contributed by atoms with Crippen LogP contribution < -0.4 is 10.6 Å². The van der Waals surface area contributed by atoms with Crippen molar-refractivity contribution in [3.8, 4) is 0 Å². The van der Waals surface area contributed by atoms with Gasteiger partial charge in [-0.3, -0.25) is 5.10 Å². The van der Waals surface area contributed by atoms with Gasteiger partial charge in [0.15, 0.2) is 5.65 Å². The standard InChI is InChI=1S/C11H16N6/c1-6-3-7(6)5-17(2)10-8-4-13-16-9(8)14-11(12)15-10/h4,6-7H,3,5H2,1-2H3,(H3,12,13,14,15,16). The Labute approximate surface area is 99.2 Å². The van der Waals surface area contributed by atoms with Crippen LogP contribution in [-0.2, 0) is 0 Å². The number of rotatable bonds is 3. The summed E-state index contributed by atoms with van der Waals surface area (Å²) in [5.74, 6) is 2.75. The summed E-state index contributed by atoms with van der Waals surface area (Å²) in [6.07, 6.45) is 3.05. The fraction of sp³-hybridized carbons (Fsp3) is 0.545. The van der Waals surface area contributed by atoms with Crippen molar-refractivity contribution in [3.05, 3.63) is 6.20 Å². The fourth-order valence-corrected chi connectivity index (χ4v) is 2.22. The second-order valence-corrected chi connectivity index (χ2v) is 4.89. The zero-order valence-corrected chi connectivity index (χ0v) is 10.0. The molecule has 90 valence electrons. The van der Waals surface area contributed by atoms with Crippen molar-refractivity contribution in [1.82, 2.24) is 20.2 Å². The van der Waals surface area contributed by atoms with Crippen molar-refractivity contribution >= 4 is 22.8 Å². The van der Waals surface area contributed by atoms with E-state index in [4.69, 9.17) is 5.73 Å². The number of nitrogens with two attached hydrogens (primary N) is 1. The molecule has 0 aromatic carbocycles. The molecular formula is C11H16N6. The summed E-state index contributed by atoms with van der Waals surface area (Å²) in [7, 11) is 2.04. The molecule has 6 nitrogen and oxygen atoms in total. The largest absolute Gasteiger partial charge is 0.368 e. The van der Waals surface area contributed by atoms with E-state index < -0.39 is 0 Å². The van der Waals surface area contributed by atoms with E-state index in [9.17, 15) is 0 Å². The number of aromatic amines is 1. The summed E-state index contributed by atoms with van der Waals surface area (Å²) in [4.78, 5) is 10.6. The second kappa shape index (κ2) is 3.58. The quantitative estimate of drug-likeness (QED) is 0.825. The molecule has 3 N–H and O–H groups in total. The van der Waals surface area contributed by atoms with Crippen LogP contribution in [0, 0.1) is 11.8 Å². The molecule has 1 fully saturated rings. The third-order valence-electron chi connectivity index (χ3n) is 3.45. The predicted molar refractivity (Wildman–Crippen MR) is 66.6 cm³/mol. The van der Waals surface area contributed by atoms with Gasteiger partial charge in [-0.1, -0.05) is 6.92 Å². The Balaban J connectivity index is 1.94. The topological polar surface area (TPSA) is 83.7 Å². The molecule has 2 aromatic heterocycles. The van der Waals surface area contributed by atoms with E-state index >= 15 is 0 Å². The normalized spacial score (nSPS) is 22.9. The number of anilines is 2. The highest BCUT2D eigenvalue weighted by Gasteiger charge is 2.33. The minimum Gasteiger partial charge on any atom is -0.368 e. The average molecular weight is 232 g/mol. The molecule has 1 aliphatic rings. The lowest BCUT2D eigenvalue weighted by molar-refractivity contribution is 0.721. The number of nitrogens with zero attached hydrogens (tertiary/aromatic N) is 4. The van der Waals surface area contributed by atoms with Crippen LogP contribution in [0.1, 0.15) is 13.3 Å². The molecule has 1 saturated carbocycles. The number of hydrogen-bond donors (Lipinski definition) is 2. The third kappa shape index (κ3) is 1.79. The lowest BCUT2D eigenvalue weighted by atomic mass is 10.3. The molecule has 0 aliphatic heterocycles. The van der Waals surface area contributed by atoms with E-state index in [0.717, 1.165) is 29.6 Å². The first-order chi connectivity index (χ1) is 8.15. The smallest absolute Gasteiger partial charge is 0.224 e. The van der Waals surface area contributed by atoms with Gasteiger partial charge in [0.2, 0.25) is 5.95 Å². The maximum Gasteiger partial charge on any atom is 0.224 e. The van der Waals surface area contributed by atoms with E-state index in [1.165, 1.54) is 6.42 Å². The van der Waals surface area contributed by atoms with Gasteiger partial charge in [-0.25, -0.2) is 0 Å². The highest BCUT2D eigenvalue weighted by Crippen LogP contribution is 2.39. The van der Waals surface area contributed by atoms with E-state index in [-0.39, 0.29) is 5.95 Å². The van der Waals surface area contributed by atoms with Gasteiger partial charge in [0.25, 0.3) is 0 Å². The molecule has 3 rings (SSSR count). The van der Waals surface area contributed by atoms with E-state index in [0.29, 0.717) is 5.65 Å². The van der Waals surface area contributed by atoms with Gasteiger partial charge < -0.3 is 10.6 Å². The van der Waals surface area contributed by atoms with Gasteiger partial charge in [0.05, 0.1) is 11.6 Å². The Hall–Kier alpha value is -1.85. The van der Waals surface area contributed by atoms with Crippen LogP contribution in [0.2, 0.25) is 0 Å². The second-order valence-electron chi connectivity index (χ2n) is 4.89. The third-order valence-corrected chi connectivity index (χ3v) is 3.45. The van der Waals surface area contributed by atoms with Crippen LogP contribution in [0.5, 0.6) is 0 Å². The zero-order valence-electron chi connectivity index (χ0n) is 10.0. The number of fused-ring (bicyclic) bond motifs is 1. The summed E-state index contributed by atoms with van der Waals surface area (Å²) in [5.41, 5.74) is 6.40. The molecule has 2 aromatic rings. The van der Waals surface area contributed by atoms with Crippen LogP contribution in [0.15, 0.2) is 6.20 Å². The molecule has 0 saturated heterocycles. The summed E-state index contributed by atoms with van der Waals surface area (Å²) in [5, 5.41) is 7.74. The molecule has 0 bridgehead atoms. The zero-order chi connectivity index (χ0) is 12.0. The Morgan fingerprint density at radius 1 is 1.53 bits per heavy atom. The lowest BCUT2D eigenvalue weighted by Gasteiger charge is -2.18. The molecule has 0 amide bonds. The van der Waals surface area contributed by atoms with Crippen molar-refractivity contribution in [3.63, 3.8) is 0 Å². The van der Waals surface area contributed by atoms with Crippen LogP contribution >= 0.6 is 0 Å². The molecule has 0 radical (unpaired) electrons. The van der Waals surface area contributed by atoms with Gasteiger partial charge in [0.1, 0.15) is 5.82 Å². The van der Waals surface area contributed by atoms with Gasteiger partial charge in [-0.2, -0.15) is 15.1 Å². The first kappa shape index (κ1) is 10.3. The summed E-state index contributed by atoms with van der Waals surface area (Å²) in [6, 6.07) is 0. The van der Waals surface area contributed by atoms with Crippen molar-refractivity contribution in [1.29, 1.82) is 0 Å². The number of nitrogen functional groups attached to an aromatic ring is 1. The number of hydrogen-bond acceptors (Lipinski definition) is 5. The molecular weight excluding hydrogens is 216 g/mol. The molecule has 0 spiro atoms. The molecule has 2 unspecified atom stereocenters. The van der Waals surface area contributed by atoms with E-state index in [1.807, 2.05) is 7.05 Å². The van der Waals surface area contributed by atoms with Crippen molar-refractivity contribution < 1.29 is 0 Å². The molecule has 2 heterocycles. The van der Waals surface area contributed by atoms with E-state index in [2.05, 4.69) is 32.0 Å². The monoisotopic (exact) mass is 232 g/mol. The maximum atomic E-state index is 5.70. The van der Waals surface area contributed by atoms with Crippen molar-refractivity contribution in [2.24, 2.45) is 11.8 Å². The maximum absolute atomic E-state index is 5.70. The summed E-state index contributed by atoms with van der Waals surface area (Å²) in [6.45, 7) is 3.29. The first-order valence-electron chi connectivity index (χ1n) is 5.83. The Morgan fingerprint density at radius 3 is 3.00 bits per heavy atom. The SMILES string of the molecule is CC1CC1CN(C)c1nc(N)nc2[nH]ncc12. The highest BCUT2D eigenvalue weighted by molar-refractivity contribution is 5.87. The Kier molecular flexibility index (Phi) is 2.17. The van der Waals surface area contributed by atoms with E-state index in [1.54, 1.807) is 6.20 Å². The van der Waals surface area contributed by atoms with Gasteiger partial charge in [-0.05, 0) is 18.3 Å². The predicted octanol–water partition coefficient (Wildman–Crippen LogP) is 1.03. The van der Waals surface area contributed by atoms with Gasteiger partial charge in [0, 0.05) is 13.6 Å².